The summed E-state index contributed by atoms with van der Waals surface area (Å²) in [6.07, 6.45) is 54.4. The van der Waals surface area contributed by atoms with Gasteiger partial charge in [0.15, 0.2) is 6.10 Å². The molecular formula is C51H90NO10P. The molecule has 0 amide bonds. The van der Waals surface area contributed by atoms with E-state index >= 15 is 0 Å². The van der Waals surface area contributed by atoms with E-state index in [1.165, 1.54) is 116 Å². The van der Waals surface area contributed by atoms with E-state index in [1.807, 2.05) is 12.2 Å². The van der Waals surface area contributed by atoms with E-state index in [0.29, 0.717) is 19.3 Å². The third-order valence-corrected chi connectivity index (χ3v) is 11.5. The quantitative estimate of drug-likeness (QED) is 0.0230. The number of ether oxygens (including phenoxy) is 2. The minimum Gasteiger partial charge on any atom is -0.480 e. The Morgan fingerprint density at radius 3 is 1.32 bits per heavy atom. The molecule has 0 bridgehead atoms. The van der Waals surface area contributed by atoms with Crippen LogP contribution in [0.2, 0.25) is 0 Å². The first-order valence-corrected chi connectivity index (χ1v) is 26.3. The standard InChI is InChI=1S/C51H90NO10P/c1-3-5-7-9-11-13-15-17-19-21-22-23-24-25-27-28-30-32-34-36-38-40-42-49(53)59-44-47(45-60-63(57,58)61-46-48(52)51(55)56)62-50(54)43-41-39-37-35-33-31-29-26-20-18-16-14-12-10-8-6-4-2/h6,8,12,14,18,20,29,31,35,37,47-48H,3-5,7,9-11,13,15-17,19,21-28,30,32-34,36,38-46,52H2,1-2H3,(H,55,56)(H,57,58)/b8-6+,14-12+,20-18+,31-29+,37-35+/t47-,48+/m0/s1. The van der Waals surface area contributed by atoms with Crippen LogP contribution in [0.15, 0.2) is 60.8 Å². The molecule has 0 aliphatic carbocycles. The van der Waals surface area contributed by atoms with Crippen molar-refractivity contribution in [3.8, 4) is 0 Å². The summed E-state index contributed by atoms with van der Waals surface area (Å²) in [5.74, 6) is -2.45. The van der Waals surface area contributed by atoms with E-state index in [1.54, 1.807) is 0 Å². The summed E-state index contributed by atoms with van der Waals surface area (Å²) in [7, 11) is -4.74. The Labute approximate surface area is 383 Å². The van der Waals surface area contributed by atoms with Crippen LogP contribution in [-0.4, -0.2) is 59.9 Å². The predicted molar refractivity (Wildman–Crippen MR) is 258 cm³/mol. The van der Waals surface area contributed by atoms with Gasteiger partial charge in [-0.15, -0.1) is 0 Å². The van der Waals surface area contributed by atoms with Crippen molar-refractivity contribution in [2.75, 3.05) is 19.8 Å². The fraction of sp³-hybridized carbons (Fsp3) is 0.745. The average Bonchev–Trinajstić information content (AvgIpc) is 3.26. The highest BCUT2D eigenvalue weighted by Gasteiger charge is 2.28. The molecule has 63 heavy (non-hydrogen) atoms. The molecule has 0 spiro atoms. The first kappa shape index (κ1) is 60.2. The number of phosphoric acid groups is 1. The van der Waals surface area contributed by atoms with Gasteiger partial charge in [0.1, 0.15) is 12.6 Å². The van der Waals surface area contributed by atoms with Crippen LogP contribution in [0.3, 0.4) is 0 Å². The number of nitrogens with two attached hydrogens (primary N) is 1. The van der Waals surface area contributed by atoms with Crippen LogP contribution in [0.1, 0.15) is 213 Å². The second-order valence-corrected chi connectivity index (χ2v) is 18.0. The molecule has 0 radical (unpaired) electrons. The number of unbranched alkanes of at least 4 members (excludes halogenated alkanes) is 22. The zero-order valence-corrected chi connectivity index (χ0v) is 40.5. The highest BCUT2D eigenvalue weighted by molar-refractivity contribution is 7.47. The van der Waals surface area contributed by atoms with Gasteiger partial charge in [0.25, 0.3) is 0 Å². The van der Waals surface area contributed by atoms with Crippen molar-refractivity contribution in [2.45, 2.75) is 225 Å². The van der Waals surface area contributed by atoms with E-state index < -0.39 is 51.1 Å². The van der Waals surface area contributed by atoms with E-state index in [0.717, 1.165) is 51.4 Å². The number of rotatable bonds is 46. The number of carbonyl (C=O) groups is 3. The Morgan fingerprint density at radius 2 is 0.889 bits per heavy atom. The maximum Gasteiger partial charge on any atom is 0.472 e. The molecule has 0 aliphatic rings. The molecule has 364 valence electrons. The molecule has 0 aromatic carbocycles. The Kier molecular flexibility index (Phi) is 43.7. The molecule has 0 heterocycles. The number of aliphatic carboxylic acids is 1. The highest BCUT2D eigenvalue weighted by Crippen LogP contribution is 2.43. The number of hydrogen-bond donors (Lipinski definition) is 3. The van der Waals surface area contributed by atoms with Crippen molar-refractivity contribution in [3.05, 3.63) is 60.8 Å². The van der Waals surface area contributed by atoms with Crippen molar-refractivity contribution in [1.29, 1.82) is 0 Å². The van der Waals surface area contributed by atoms with Crippen molar-refractivity contribution in [1.82, 2.24) is 0 Å². The van der Waals surface area contributed by atoms with Crippen molar-refractivity contribution in [3.63, 3.8) is 0 Å². The Morgan fingerprint density at radius 1 is 0.508 bits per heavy atom. The summed E-state index contributed by atoms with van der Waals surface area (Å²) in [4.78, 5) is 46.1. The van der Waals surface area contributed by atoms with Gasteiger partial charge >= 0.3 is 25.7 Å². The van der Waals surface area contributed by atoms with Gasteiger partial charge in [-0.1, -0.05) is 209 Å². The molecule has 3 atom stereocenters. The van der Waals surface area contributed by atoms with Gasteiger partial charge < -0.3 is 25.2 Å². The highest BCUT2D eigenvalue weighted by atomic mass is 31.2. The van der Waals surface area contributed by atoms with Crippen molar-refractivity contribution >= 4 is 25.7 Å². The van der Waals surface area contributed by atoms with Gasteiger partial charge in [0.05, 0.1) is 13.2 Å². The molecule has 12 heteroatoms. The van der Waals surface area contributed by atoms with Crippen LogP contribution >= 0.6 is 7.82 Å². The molecular weight excluding hydrogens is 818 g/mol. The smallest absolute Gasteiger partial charge is 0.472 e. The van der Waals surface area contributed by atoms with Gasteiger partial charge in [-0.2, -0.15) is 0 Å². The lowest BCUT2D eigenvalue weighted by atomic mass is 10.0. The largest absolute Gasteiger partial charge is 0.480 e. The third kappa shape index (κ3) is 45.5. The lowest BCUT2D eigenvalue weighted by Gasteiger charge is -2.20. The Hall–Kier alpha value is -2.82. The number of allylic oxidation sites excluding steroid dienone is 10. The molecule has 1 unspecified atom stereocenters. The number of phosphoric ester groups is 1. The maximum atomic E-state index is 12.6. The number of carbonyl (C=O) groups excluding carboxylic acids is 2. The third-order valence-electron chi connectivity index (χ3n) is 10.5. The average molecular weight is 908 g/mol. The van der Waals surface area contributed by atoms with Gasteiger partial charge in [-0.05, 0) is 51.4 Å². The summed E-state index contributed by atoms with van der Waals surface area (Å²) in [5.41, 5.74) is 5.34. The first-order valence-electron chi connectivity index (χ1n) is 24.8. The van der Waals surface area contributed by atoms with Crippen LogP contribution in [0, 0.1) is 0 Å². The molecule has 4 N–H and O–H groups in total. The fourth-order valence-electron chi connectivity index (χ4n) is 6.69. The SMILES string of the molecule is CC/C=C/C/C=C/C/C=C/C/C=C/C/C=C/CCCC(=O)O[C@@H](COC(=O)CCCCCCCCCCCCCCCCCCCCCCCC)COP(=O)(O)OC[C@@H](N)C(=O)O. The number of hydrogen-bond acceptors (Lipinski definition) is 9. The Balaban J connectivity index is 4.30. The molecule has 0 saturated heterocycles. The predicted octanol–water partition coefficient (Wildman–Crippen LogP) is 13.9. The van der Waals surface area contributed by atoms with E-state index in [-0.39, 0.29) is 19.4 Å². The summed E-state index contributed by atoms with van der Waals surface area (Å²) >= 11 is 0. The molecule has 0 aromatic heterocycles. The van der Waals surface area contributed by atoms with Crippen LogP contribution in [0.4, 0.5) is 0 Å². The molecule has 0 rings (SSSR count). The van der Waals surface area contributed by atoms with E-state index in [4.69, 9.17) is 24.8 Å². The first-order chi connectivity index (χ1) is 30.6. The van der Waals surface area contributed by atoms with E-state index in [2.05, 4.69) is 67.0 Å². The fourth-order valence-corrected chi connectivity index (χ4v) is 7.47. The van der Waals surface area contributed by atoms with Gasteiger partial charge in [-0.3, -0.25) is 23.4 Å². The molecule has 0 aromatic rings. The lowest BCUT2D eigenvalue weighted by Crippen LogP contribution is -2.34. The van der Waals surface area contributed by atoms with Gasteiger partial charge in [0, 0.05) is 12.8 Å². The summed E-state index contributed by atoms with van der Waals surface area (Å²) in [6.45, 7) is 2.66. The zero-order chi connectivity index (χ0) is 46.3. The zero-order valence-electron chi connectivity index (χ0n) is 39.7. The van der Waals surface area contributed by atoms with Crippen molar-refractivity contribution < 1.29 is 47.5 Å². The molecule has 0 aliphatic heterocycles. The topological polar surface area (TPSA) is 172 Å². The second kappa shape index (κ2) is 45.7. The van der Waals surface area contributed by atoms with Crippen LogP contribution in [-0.2, 0) is 37.5 Å². The summed E-state index contributed by atoms with van der Waals surface area (Å²) < 4.78 is 32.7. The summed E-state index contributed by atoms with van der Waals surface area (Å²) in [5, 5.41) is 8.91. The van der Waals surface area contributed by atoms with Gasteiger partial charge in [0.2, 0.25) is 0 Å². The van der Waals surface area contributed by atoms with Crippen LogP contribution < -0.4 is 5.73 Å². The summed E-state index contributed by atoms with van der Waals surface area (Å²) in [6, 6.07) is -1.53. The normalized spacial score (nSPS) is 14.1. The molecule has 0 fully saturated rings. The number of carboxylic acid groups (broad SMARTS) is 1. The monoisotopic (exact) mass is 908 g/mol. The lowest BCUT2D eigenvalue weighted by molar-refractivity contribution is -0.161. The molecule has 11 nitrogen and oxygen atoms in total. The molecule has 0 saturated carbocycles. The van der Waals surface area contributed by atoms with Crippen LogP contribution in [0.25, 0.3) is 0 Å². The number of carboxylic acids is 1. The van der Waals surface area contributed by atoms with Gasteiger partial charge in [-0.25, -0.2) is 4.57 Å². The Bertz CT molecular complexity index is 1300. The minimum absolute atomic E-state index is 0.0823. The maximum absolute atomic E-state index is 12.6. The van der Waals surface area contributed by atoms with E-state index in [9.17, 15) is 23.8 Å². The van der Waals surface area contributed by atoms with Crippen molar-refractivity contribution in [2.24, 2.45) is 5.73 Å². The number of esters is 2. The second-order valence-electron chi connectivity index (χ2n) is 16.6. The minimum atomic E-state index is -4.74. The van der Waals surface area contributed by atoms with Crippen LogP contribution in [0.5, 0.6) is 0 Å².